The Morgan fingerprint density at radius 3 is 2.88 bits per heavy atom. The summed E-state index contributed by atoms with van der Waals surface area (Å²) in [6.07, 6.45) is 2.12. The van der Waals surface area contributed by atoms with E-state index in [0.29, 0.717) is 6.42 Å². The van der Waals surface area contributed by atoms with E-state index in [0.717, 1.165) is 4.88 Å². The van der Waals surface area contributed by atoms with E-state index in [4.69, 9.17) is 0 Å². The number of nitrogens with zero attached hydrogens (tertiary/aromatic N) is 1. The van der Waals surface area contributed by atoms with Crippen molar-refractivity contribution in [2.24, 2.45) is 0 Å². The van der Waals surface area contributed by atoms with Crippen LogP contribution in [0.15, 0.2) is 34.8 Å². The Bertz CT molecular complexity index is 546. The second-order valence-electron chi connectivity index (χ2n) is 3.52. The second kappa shape index (κ2) is 4.99. The van der Waals surface area contributed by atoms with Crippen LogP contribution in [0.2, 0.25) is 0 Å². The molecule has 0 spiro atoms. The lowest BCUT2D eigenvalue weighted by Crippen LogP contribution is -2.28. The van der Waals surface area contributed by atoms with Crippen LogP contribution in [0.25, 0.3) is 0 Å². The highest BCUT2D eigenvalue weighted by atomic mass is 32.2. The molecule has 92 valence electrons. The number of sulfonamides is 1. The average Bonchev–Trinajstić information content (AvgIpc) is 2.97. The van der Waals surface area contributed by atoms with Gasteiger partial charge in [-0.05, 0) is 23.9 Å². The van der Waals surface area contributed by atoms with E-state index in [1.165, 1.54) is 12.3 Å². The third-order valence-electron chi connectivity index (χ3n) is 2.36. The average molecular weight is 271 g/mol. The fraction of sp³-hybridized carbons (Fsp3) is 0.300. The molecule has 2 N–H and O–H groups in total. The number of hydrogen-bond acceptors (Lipinski definition) is 4. The van der Waals surface area contributed by atoms with Gasteiger partial charge in [-0.15, -0.1) is 11.3 Å². The molecule has 0 fully saturated rings. The van der Waals surface area contributed by atoms with Gasteiger partial charge in [-0.1, -0.05) is 13.0 Å². The van der Waals surface area contributed by atoms with Gasteiger partial charge in [0.15, 0.2) is 5.03 Å². The molecule has 0 amide bonds. The van der Waals surface area contributed by atoms with Gasteiger partial charge in [0.25, 0.3) is 10.0 Å². The lowest BCUT2D eigenvalue weighted by Gasteiger charge is -2.14. The molecular formula is C10H13N3O2S2. The maximum atomic E-state index is 12.0. The van der Waals surface area contributed by atoms with Crippen LogP contribution in [-0.4, -0.2) is 18.6 Å². The predicted molar refractivity (Wildman–Crippen MR) is 66.3 cm³/mol. The molecule has 2 aromatic rings. The molecule has 0 radical (unpaired) electrons. The van der Waals surface area contributed by atoms with Crippen molar-refractivity contribution in [1.29, 1.82) is 0 Å². The van der Waals surface area contributed by atoms with Gasteiger partial charge in [0.05, 0.1) is 12.2 Å². The van der Waals surface area contributed by atoms with E-state index in [1.54, 1.807) is 11.3 Å². The van der Waals surface area contributed by atoms with Gasteiger partial charge >= 0.3 is 0 Å². The lowest BCUT2D eigenvalue weighted by atomic mass is 10.2. The molecule has 0 aliphatic carbocycles. The zero-order valence-corrected chi connectivity index (χ0v) is 10.9. The summed E-state index contributed by atoms with van der Waals surface area (Å²) >= 11 is 1.54. The third-order valence-corrected chi connectivity index (χ3v) is 4.74. The van der Waals surface area contributed by atoms with E-state index in [1.807, 2.05) is 24.4 Å². The first-order valence-corrected chi connectivity index (χ1v) is 7.55. The summed E-state index contributed by atoms with van der Waals surface area (Å²) in [5.74, 6) is 0. The molecule has 0 saturated heterocycles. The largest absolute Gasteiger partial charge is 0.266 e. The van der Waals surface area contributed by atoms with Gasteiger partial charge in [0, 0.05) is 4.88 Å². The molecule has 5 nitrogen and oxygen atoms in total. The molecule has 2 rings (SSSR count). The minimum absolute atomic E-state index is 0.0903. The Balaban J connectivity index is 2.20. The van der Waals surface area contributed by atoms with E-state index >= 15 is 0 Å². The molecular weight excluding hydrogens is 258 g/mol. The van der Waals surface area contributed by atoms with E-state index in [2.05, 4.69) is 14.9 Å². The van der Waals surface area contributed by atoms with Gasteiger partial charge in [-0.2, -0.15) is 5.10 Å². The van der Waals surface area contributed by atoms with Crippen LogP contribution in [0.4, 0.5) is 0 Å². The van der Waals surface area contributed by atoms with Crippen LogP contribution >= 0.6 is 11.3 Å². The molecule has 0 aliphatic heterocycles. The SMILES string of the molecule is CCC(NS(=O)(=O)c1ccn[nH]1)c1cccs1. The molecule has 1 unspecified atom stereocenters. The molecule has 0 bridgehead atoms. The van der Waals surface area contributed by atoms with Crippen molar-refractivity contribution in [2.45, 2.75) is 24.4 Å². The number of H-pyrrole nitrogens is 1. The minimum Gasteiger partial charge on any atom is -0.266 e. The highest BCUT2D eigenvalue weighted by Gasteiger charge is 2.21. The smallest absolute Gasteiger partial charge is 0.258 e. The molecule has 7 heteroatoms. The normalized spacial score (nSPS) is 13.7. The highest BCUT2D eigenvalue weighted by molar-refractivity contribution is 7.89. The first-order valence-electron chi connectivity index (χ1n) is 5.18. The van der Waals surface area contributed by atoms with Crippen molar-refractivity contribution in [1.82, 2.24) is 14.9 Å². The molecule has 2 heterocycles. The van der Waals surface area contributed by atoms with Gasteiger partial charge in [0.1, 0.15) is 0 Å². The number of rotatable bonds is 5. The fourth-order valence-electron chi connectivity index (χ4n) is 1.48. The summed E-state index contributed by atoms with van der Waals surface area (Å²) in [5, 5.41) is 8.12. The van der Waals surface area contributed by atoms with Gasteiger partial charge in [0.2, 0.25) is 0 Å². The summed E-state index contributed by atoms with van der Waals surface area (Å²) in [4.78, 5) is 1.01. The first kappa shape index (κ1) is 12.3. The number of aromatic nitrogens is 2. The first-order chi connectivity index (χ1) is 8.13. The Kier molecular flexibility index (Phi) is 3.60. The van der Waals surface area contributed by atoms with Crippen LogP contribution in [0, 0.1) is 0 Å². The van der Waals surface area contributed by atoms with Gasteiger partial charge in [-0.25, -0.2) is 13.1 Å². The minimum atomic E-state index is -3.52. The number of nitrogens with one attached hydrogen (secondary N) is 2. The van der Waals surface area contributed by atoms with Gasteiger partial charge in [-0.3, -0.25) is 5.10 Å². The van der Waals surface area contributed by atoms with Crippen molar-refractivity contribution >= 4 is 21.4 Å². The number of hydrogen-bond donors (Lipinski definition) is 2. The third kappa shape index (κ3) is 2.74. The van der Waals surface area contributed by atoms with E-state index in [-0.39, 0.29) is 11.1 Å². The van der Waals surface area contributed by atoms with Crippen LogP contribution < -0.4 is 4.72 Å². The summed E-state index contributed by atoms with van der Waals surface area (Å²) in [6.45, 7) is 1.94. The van der Waals surface area contributed by atoms with Crippen molar-refractivity contribution < 1.29 is 8.42 Å². The monoisotopic (exact) mass is 271 g/mol. The van der Waals surface area contributed by atoms with Crippen LogP contribution in [0.1, 0.15) is 24.3 Å². The summed E-state index contributed by atoms with van der Waals surface area (Å²) < 4.78 is 26.6. The van der Waals surface area contributed by atoms with Crippen molar-refractivity contribution in [2.75, 3.05) is 0 Å². The van der Waals surface area contributed by atoms with E-state index in [9.17, 15) is 8.42 Å². The molecule has 0 saturated carbocycles. The number of thiophene rings is 1. The maximum absolute atomic E-state index is 12.0. The summed E-state index contributed by atoms with van der Waals surface area (Å²) in [7, 11) is -3.52. The maximum Gasteiger partial charge on any atom is 0.258 e. The van der Waals surface area contributed by atoms with Crippen molar-refractivity contribution in [3.63, 3.8) is 0 Å². The second-order valence-corrected chi connectivity index (χ2v) is 6.18. The Labute approximate surface area is 104 Å². The lowest BCUT2D eigenvalue weighted by molar-refractivity contribution is 0.549. The van der Waals surface area contributed by atoms with Crippen molar-refractivity contribution in [3.8, 4) is 0 Å². The standard InChI is InChI=1S/C10H13N3O2S2/c1-2-8(9-4-3-7-16-9)13-17(14,15)10-5-6-11-12-10/h3-8,13H,2H2,1H3,(H,11,12). The zero-order valence-electron chi connectivity index (χ0n) is 9.25. The molecule has 1 atom stereocenters. The van der Waals surface area contributed by atoms with Gasteiger partial charge < -0.3 is 0 Å². The van der Waals surface area contributed by atoms with Crippen LogP contribution in [-0.2, 0) is 10.0 Å². The van der Waals surface area contributed by atoms with E-state index < -0.39 is 10.0 Å². The highest BCUT2D eigenvalue weighted by Crippen LogP contribution is 2.23. The molecule has 0 aromatic carbocycles. The molecule has 2 aromatic heterocycles. The Morgan fingerprint density at radius 2 is 2.35 bits per heavy atom. The Hall–Kier alpha value is -1.18. The summed E-state index contributed by atoms with van der Waals surface area (Å²) in [6, 6.07) is 5.08. The Morgan fingerprint density at radius 1 is 1.53 bits per heavy atom. The zero-order chi connectivity index (χ0) is 12.3. The fourth-order valence-corrected chi connectivity index (χ4v) is 3.62. The number of aromatic amines is 1. The van der Waals surface area contributed by atoms with Crippen LogP contribution in [0.3, 0.4) is 0 Å². The molecule has 17 heavy (non-hydrogen) atoms. The van der Waals surface area contributed by atoms with Crippen LogP contribution in [0.5, 0.6) is 0 Å². The quantitative estimate of drug-likeness (QED) is 0.872. The molecule has 0 aliphatic rings. The topological polar surface area (TPSA) is 74.8 Å². The predicted octanol–water partition coefficient (Wildman–Crippen LogP) is 1.90. The summed E-state index contributed by atoms with van der Waals surface area (Å²) in [5.41, 5.74) is 0. The van der Waals surface area contributed by atoms with Crippen molar-refractivity contribution in [3.05, 3.63) is 34.7 Å².